The molecule has 2 fully saturated rings. The van der Waals surface area contributed by atoms with Crippen LogP contribution in [0.15, 0.2) is 36.4 Å². The fraction of sp³-hybridized carbons (Fsp3) is 0.467. The zero-order valence-corrected chi connectivity index (χ0v) is 25.4. The molecule has 0 radical (unpaired) electrons. The first-order chi connectivity index (χ1) is 20.1. The van der Waals surface area contributed by atoms with Gasteiger partial charge in [-0.3, -0.25) is 14.6 Å². The van der Waals surface area contributed by atoms with Crippen molar-refractivity contribution in [1.29, 1.82) is 5.26 Å². The van der Waals surface area contributed by atoms with E-state index >= 15 is 0 Å². The highest BCUT2D eigenvalue weighted by Crippen LogP contribution is 2.40. The quantitative estimate of drug-likeness (QED) is 0.407. The van der Waals surface area contributed by atoms with E-state index in [-0.39, 0.29) is 22.9 Å². The molecule has 2 heterocycles. The second-order valence-electron chi connectivity index (χ2n) is 11.3. The topological polar surface area (TPSA) is 100 Å². The van der Waals surface area contributed by atoms with Gasteiger partial charge >= 0.3 is 12.3 Å². The number of rotatable bonds is 7. The van der Waals surface area contributed by atoms with E-state index in [2.05, 4.69) is 4.90 Å². The molecule has 0 spiro atoms. The molecule has 2 amide bonds. The van der Waals surface area contributed by atoms with Crippen LogP contribution >= 0.6 is 12.2 Å². The Morgan fingerprint density at radius 1 is 1.14 bits per heavy atom. The highest BCUT2D eigenvalue weighted by atomic mass is 32.1. The average molecular weight is 618 g/mol. The van der Waals surface area contributed by atoms with Crippen molar-refractivity contribution in [3.63, 3.8) is 0 Å². The van der Waals surface area contributed by atoms with Crippen molar-refractivity contribution in [2.75, 3.05) is 36.0 Å². The van der Waals surface area contributed by atoms with Crippen molar-refractivity contribution in [2.24, 2.45) is 0 Å². The Morgan fingerprint density at radius 2 is 1.77 bits per heavy atom. The molecule has 2 aromatic rings. The van der Waals surface area contributed by atoms with Gasteiger partial charge in [-0.2, -0.15) is 18.4 Å². The van der Waals surface area contributed by atoms with Crippen LogP contribution in [0.4, 0.5) is 29.3 Å². The van der Waals surface area contributed by atoms with E-state index in [4.69, 9.17) is 22.2 Å². The van der Waals surface area contributed by atoms with Crippen molar-refractivity contribution in [3.05, 3.63) is 53.1 Å². The van der Waals surface area contributed by atoms with E-state index < -0.39 is 34.8 Å². The molecule has 13 heteroatoms. The number of ether oxygens (including phenoxy) is 1. The van der Waals surface area contributed by atoms with Gasteiger partial charge in [0.2, 0.25) is 0 Å². The molecule has 2 atom stereocenters. The third-order valence-electron chi connectivity index (χ3n) is 7.92. The van der Waals surface area contributed by atoms with Crippen molar-refractivity contribution in [3.8, 4) is 11.8 Å². The summed E-state index contributed by atoms with van der Waals surface area (Å²) in [5, 5.41) is 18.6. The van der Waals surface area contributed by atoms with Crippen molar-refractivity contribution in [2.45, 2.75) is 64.8 Å². The number of nitriles is 1. The average Bonchev–Trinajstić information content (AvgIpc) is 3.10. The predicted octanol–water partition coefficient (Wildman–Crippen LogP) is 5.51. The normalized spacial score (nSPS) is 20.9. The number of amides is 2. The van der Waals surface area contributed by atoms with E-state index in [0.29, 0.717) is 44.1 Å². The van der Waals surface area contributed by atoms with Gasteiger partial charge in [-0.05, 0) is 88.3 Å². The van der Waals surface area contributed by atoms with Crippen LogP contribution in [-0.2, 0) is 17.4 Å². The number of thiocarbonyl (C=S) groups is 1. The summed E-state index contributed by atoms with van der Waals surface area (Å²) in [6, 6.07) is 9.79. The highest BCUT2D eigenvalue weighted by Gasteiger charge is 2.51. The highest BCUT2D eigenvalue weighted by molar-refractivity contribution is 7.81. The number of halogens is 3. The molecule has 230 valence electrons. The van der Waals surface area contributed by atoms with Gasteiger partial charge in [-0.15, -0.1) is 0 Å². The van der Waals surface area contributed by atoms with Gasteiger partial charge in [0.25, 0.3) is 5.91 Å². The number of hydrogen-bond acceptors (Lipinski definition) is 6. The zero-order valence-electron chi connectivity index (χ0n) is 24.6. The maximum Gasteiger partial charge on any atom is 0.417 e. The van der Waals surface area contributed by atoms with Crippen LogP contribution in [0.5, 0.6) is 5.75 Å². The summed E-state index contributed by atoms with van der Waals surface area (Å²) in [4.78, 5) is 31.4. The summed E-state index contributed by atoms with van der Waals surface area (Å²) < 4.78 is 47.1. The fourth-order valence-electron chi connectivity index (χ4n) is 5.86. The third kappa shape index (κ3) is 6.12. The van der Waals surface area contributed by atoms with E-state index in [9.17, 15) is 27.9 Å². The van der Waals surface area contributed by atoms with Crippen LogP contribution in [0.25, 0.3) is 0 Å². The van der Waals surface area contributed by atoms with Gasteiger partial charge in [0, 0.05) is 37.4 Å². The minimum absolute atomic E-state index is 0.0206. The monoisotopic (exact) mass is 617 g/mol. The molecule has 2 unspecified atom stereocenters. The van der Waals surface area contributed by atoms with E-state index in [1.165, 1.54) is 11.0 Å². The van der Waals surface area contributed by atoms with Gasteiger partial charge in [-0.25, -0.2) is 4.79 Å². The maximum absolute atomic E-state index is 13.6. The summed E-state index contributed by atoms with van der Waals surface area (Å²) in [7, 11) is 0. The fourth-order valence-corrected chi connectivity index (χ4v) is 6.38. The standard InChI is InChI=1S/C30H34F3N5O4S/c1-6-20-13-23(9-10-25(20)42-12-11-35-16-18(2)36(28(40)41)19(3)17-35)38-27(43)37(26(39)29(38,4)5)22-8-7-21(15-34)24(14-22)30(31,32)33/h7-10,13-14,18-19H,6,11-12,16-17H2,1-5H3,(H,40,41). The van der Waals surface area contributed by atoms with Crippen LogP contribution < -0.4 is 14.5 Å². The summed E-state index contributed by atoms with van der Waals surface area (Å²) in [5.41, 5.74) is -1.51. The van der Waals surface area contributed by atoms with E-state index in [1.54, 1.807) is 36.9 Å². The van der Waals surface area contributed by atoms with Gasteiger partial charge < -0.3 is 19.6 Å². The molecule has 9 nitrogen and oxygen atoms in total. The van der Waals surface area contributed by atoms with Crippen LogP contribution in [0.3, 0.4) is 0 Å². The second-order valence-corrected chi connectivity index (χ2v) is 11.7. The molecular formula is C30H34F3N5O4S. The van der Waals surface area contributed by atoms with Crippen LogP contribution in [0.1, 0.15) is 51.3 Å². The van der Waals surface area contributed by atoms with Gasteiger partial charge in [-0.1, -0.05) is 6.92 Å². The lowest BCUT2D eigenvalue weighted by Gasteiger charge is -2.42. The number of aryl methyl sites for hydroxylation is 1. The number of alkyl halides is 3. The first kappa shape index (κ1) is 32.0. The molecule has 2 aromatic carbocycles. The smallest absolute Gasteiger partial charge is 0.417 e. The number of anilines is 2. The van der Waals surface area contributed by atoms with Crippen molar-refractivity contribution < 1.29 is 32.6 Å². The van der Waals surface area contributed by atoms with E-state index in [0.717, 1.165) is 22.6 Å². The number of carbonyl (C=O) groups is 2. The molecule has 0 aliphatic carbocycles. The second kappa shape index (κ2) is 12.0. The van der Waals surface area contributed by atoms with Gasteiger partial charge in [0.05, 0.1) is 22.9 Å². The first-order valence-corrected chi connectivity index (χ1v) is 14.3. The Hall–Kier alpha value is -3.89. The predicted molar refractivity (Wildman–Crippen MR) is 159 cm³/mol. The molecular weight excluding hydrogens is 583 g/mol. The van der Waals surface area contributed by atoms with Crippen molar-refractivity contribution >= 4 is 40.7 Å². The molecule has 2 aliphatic rings. The zero-order chi connectivity index (χ0) is 31.9. The lowest BCUT2D eigenvalue weighted by molar-refractivity contribution is -0.137. The molecule has 2 saturated heterocycles. The largest absolute Gasteiger partial charge is 0.492 e. The number of piperazine rings is 1. The Kier molecular flexibility index (Phi) is 8.95. The number of carboxylic acid groups (broad SMARTS) is 1. The minimum atomic E-state index is -4.78. The Morgan fingerprint density at radius 3 is 2.33 bits per heavy atom. The van der Waals surface area contributed by atoms with Gasteiger partial charge in [0.1, 0.15) is 17.9 Å². The number of hydrogen-bond donors (Lipinski definition) is 1. The van der Waals surface area contributed by atoms with Crippen LogP contribution in [0, 0.1) is 11.3 Å². The summed E-state index contributed by atoms with van der Waals surface area (Å²) in [5.74, 6) is 0.157. The molecule has 2 aliphatic heterocycles. The summed E-state index contributed by atoms with van der Waals surface area (Å²) >= 11 is 5.66. The number of nitrogens with zero attached hydrogens (tertiary/aromatic N) is 5. The molecule has 43 heavy (non-hydrogen) atoms. The Bertz CT molecular complexity index is 1460. The molecule has 0 bridgehead atoms. The van der Waals surface area contributed by atoms with E-state index in [1.807, 2.05) is 26.8 Å². The minimum Gasteiger partial charge on any atom is -0.492 e. The first-order valence-electron chi connectivity index (χ1n) is 13.9. The lowest BCUT2D eigenvalue weighted by Crippen LogP contribution is -2.58. The lowest BCUT2D eigenvalue weighted by atomic mass is 10.0. The number of benzene rings is 2. The Balaban J connectivity index is 1.53. The van der Waals surface area contributed by atoms with Gasteiger partial charge in [0.15, 0.2) is 5.11 Å². The SMILES string of the molecule is CCc1cc(N2C(=S)N(c3ccc(C#N)c(C(F)(F)F)c3)C(=O)C2(C)C)ccc1OCCN1CC(C)N(C(=O)O)C(C)C1. The molecule has 0 aromatic heterocycles. The maximum atomic E-state index is 13.6. The van der Waals surface area contributed by atoms with Crippen LogP contribution in [0.2, 0.25) is 0 Å². The molecule has 0 saturated carbocycles. The third-order valence-corrected chi connectivity index (χ3v) is 8.28. The Labute approximate surface area is 254 Å². The van der Waals surface area contributed by atoms with Crippen LogP contribution in [-0.4, -0.2) is 75.9 Å². The summed E-state index contributed by atoms with van der Waals surface area (Å²) in [6.45, 7) is 11.3. The molecule has 4 rings (SSSR count). The van der Waals surface area contributed by atoms with Crippen molar-refractivity contribution in [1.82, 2.24) is 9.80 Å². The number of carbonyl (C=O) groups excluding carboxylic acids is 1. The molecule has 1 N–H and O–H groups in total. The summed E-state index contributed by atoms with van der Waals surface area (Å²) in [6.07, 6.45) is -5.09.